The molecule has 2 heterocycles. The van der Waals surface area contributed by atoms with Gasteiger partial charge < -0.3 is 9.51 Å². The maximum absolute atomic E-state index is 10.1. The molecule has 0 spiro atoms. The predicted octanol–water partition coefficient (Wildman–Crippen LogP) is 2.90. The zero-order valence-corrected chi connectivity index (χ0v) is 10.0. The van der Waals surface area contributed by atoms with Crippen molar-refractivity contribution < 1.29 is 5.11 Å². The first kappa shape index (κ1) is 11.1. The molecule has 0 aliphatic carbocycles. The van der Waals surface area contributed by atoms with Crippen molar-refractivity contribution in [1.29, 1.82) is 0 Å². The molecule has 0 saturated heterocycles. The highest BCUT2D eigenvalue weighted by molar-refractivity contribution is 5.44. The molecule has 0 aliphatic rings. The summed E-state index contributed by atoms with van der Waals surface area (Å²) in [6.07, 6.45) is 2.24. The highest BCUT2D eigenvalue weighted by Crippen LogP contribution is 2.27. The summed E-state index contributed by atoms with van der Waals surface area (Å²) in [4.78, 5) is 4.58. The highest BCUT2D eigenvalue weighted by Gasteiger charge is 2.19. The van der Waals surface area contributed by atoms with E-state index < -0.39 is 6.10 Å². The Bertz CT molecular complexity index is 488. The Labute approximate surface area is 95.8 Å². The molecule has 0 fully saturated rings. The van der Waals surface area contributed by atoms with Gasteiger partial charge in [0, 0.05) is 6.20 Å². The Hall–Kier alpha value is -1.35. The number of aliphatic hydroxyl groups excluding tert-OH is 1. The van der Waals surface area contributed by atoms with Crippen LogP contribution in [0.5, 0.6) is 0 Å². The zero-order chi connectivity index (χ0) is 11.7. The Kier molecular flexibility index (Phi) is 2.97. The van der Waals surface area contributed by atoms with Gasteiger partial charge in [0.1, 0.15) is 5.65 Å². The second kappa shape index (κ2) is 4.26. The molecule has 1 unspecified atom stereocenters. The molecule has 1 atom stereocenters. The summed E-state index contributed by atoms with van der Waals surface area (Å²) in [5.74, 6) is 0.330. The third-order valence-corrected chi connectivity index (χ3v) is 2.84. The first-order valence-corrected chi connectivity index (χ1v) is 5.80. The molecular weight excluding hydrogens is 200 g/mol. The highest BCUT2D eigenvalue weighted by atomic mass is 16.3. The number of hydrogen-bond acceptors (Lipinski definition) is 2. The van der Waals surface area contributed by atoms with E-state index in [2.05, 4.69) is 18.8 Å². The lowest BCUT2D eigenvalue weighted by Crippen LogP contribution is -2.04. The molecule has 2 aromatic heterocycles. The van der Waals surface area contributed by atoms with Gasteiger partial charge >= 0.3 is 0 Å². The topological polar surface area (TPSA) is 37.5 Å². The summed E-state index contributed by atoms with van der Waals surface area (Å²) in [6, 6.07) is 5.90. The van der Waals surface area contributed by atoms with Gasteiger partial charge in [0.2, 0.25) is 0 Å². The quantitative estimate of drug-likeness (QED) is 0.860. The molecule has 0 aliphatic heterocycles. The third-order valence-electron chi connectivity index (χ3n) is 2.84. The van der Waals surface area contributed by atoms with Crippen molar-refractivity contribution in [3.8, 4) is 0 Å². The Balaban J connectivity index is 2.69. The van der Waals surface area contributed by atoms with Crippen LogP contribution in [0.1, 0.15) is 50.6 Å². The Morgan fingerprint density at radius 2 is 2.12 bits per heavy atom. The lowest BCUT2D eigenvalue weighted by molar-refractivity contribution is 0.166. The van der Waals surface area contributed by atoms with Crippen molar-refractivity contribution >= 4 is 5.65 Å². The standard InChI is InChI=1S/C13H18N2O/c1-4-10(16)13-12(9(2)3)14-11-7-5-6-8-15(11)13/h5-10,16H,4H2,1-3H3. The largest absolute Gasteiger partial charge is 0.387 e. The molecule has 16 heavy (non-hydrogen) atoms. The SMILES string of the molecule is CCC(O)c1c(C(C)C)nc2ccccn12. The van der Waals surface area contributed by atoms with E-state index >= 15 is 0 Å². The van der Waals surface area contributed by atoms with Gasteiger partial charge in [0.15, 0.2) is 0 Å². The summed E-state index contributed by atoms with van der Waals surface area (Å²) in [5.41, 5.74) is 2.85. The fourth-order valence-corrected chi connectivity index (χ4v) is 1.98. The van der Waals surface area contributed by atoms with E-state index in [1.165, 1.54) is 0 Å². The number of hydrogen-bond donors (Lipinski definition) is 1. The van der Waals surface area contributed by atoms with E-state index in [4.69, 9.17) is 0 Å². The van der Waals surface area contributed by atoms with Crippen LogP contribution in [0, 0.1) is 0 Å². The lowest BCUT2D eigenvalue weighted by Gasteiger charge is -2.12. The van der Waals surface area contributed by atoms with E-state index in [1.807, 2.05) is 35.7 Å². The van der Waals surface area contributed by atoms with Gasteiger partial charge in [-0.2, -0.15) is 0 Å². The second-order valence-electron chi connectivity index (χ2n) is 4.39. The van der Waals surface area contributed by atoms with E-state index in [0.717, 1.165) is 17.0 Å². The van der Waals surface area contributed by atoms with E-state index in [0.29, 0.717) is 12.3 Å². The number of fused-ring (bicyclic) bond motifs is 1. The minimum absolute atomic E-state index is 0.330. The molecule has 0 bridgehead atoms. The molecule has 0 amide bonds. The zero-order valence-electron chi connectivity index (χ0n) is 10.0. The summed E-state index contributed by atoms with van der Waals surface area (Å²) < 4.78 is 1.99. The maximum atomic E-state index is 10.1. The van der Waals surface area contributed by atoms with Crippen LogP contribution >= 0.6 is 0 Å². The predicted molar refractivity (Wildman–Crippen MR) is 64.5 cm³/mol. The first-order chi connectivity index (χ1) is 7.65. The van der Waals surface area contributed by atoms with E-state index in [1.54, 1.807) is 0 Å². The smallest absolute Gasteiger partial charge is 0.137 e. The van der Waals surface area contributed by atoms with Gasteiger partial charge in [-0.05, 0) is 24.5 Å². The fraction of sp³-hybridized carbons (Fsp3) is 0.462. The van der Waals surface area contributed by atoms with Crippen molar-refractivity contribution in [3.05, 3.63) is 35.8 Å². The average molecular weight is 218 g/mol. The first-order valence-electron chi connectivity index (χ1n) is 5.80. The van der Waals surface area contributed by atoms with Gasteiger partial charge in [-0.25, -0.2) is 4.98 Å². The number of rotatable bonds is 3. The lowest BCUT2D eigenvalue weighted by atomic mass is 10.0. The number of aromatic nitrogens is 2. The third kappa shape index (κ3) is 1.71. The Morgan fingerprint density at radius 1 is 1.38 bits per heavy atom. The summed E-state index contributed by atoms with van der Waals surface area (Å²) >= 11 is 0. The molecule has 2 aromatic rings. The van der Waals surface area contributed by atoms with E-state index in [-0.39, 0.29) is 0 Å². The molecule has 86 valence electrons. The molecule has 3 nitrogen and oxygen atoms in total. The van der Waals surface area contributed by atoms with Crippen molar-refractivity contribution in [1.82, 2.24) is 9.38 Å². The van der Waals surface area contributed by atoms with Gasteiger partial charge in [0.25, 0.3) is 0 Å². The molecule has 0 aromatic carbocycles. The fourth-order valence-electron chi connectivity index (χ4n) is 1.98. The van der Waals surface area contributed by atoms with Gasteiger partial charge in [-0.3, -0.25) is 0 Å². The van der Waals surface area contributed by atoms with Gasteiger partial charge in [-0.15, -0.1) is 0 Å². The number of pyridine rings is 1. The number of aliphatic hydroxyl groups is 1. The number of nitrogens with zero attached hydrogens (tertiary/aromatic N) is 2. The molecule has 1 N–H and O–H groups in total. The summed E-state index contributed by atoms with van der Waals surface area (Å²) in [5, 5.41) is 10.1. The van der Waals surface area contributed by atoms with Crippen molar-refractivity contribution in [2.45, 2.75) is 39.2 Å². The molecule has 0 radical (unpaired) electrons. The summed E-state index contributed by atoms with van der Waals surface area (Å²) in [7, 11) is 0. The van der Waals surface area contributed by atoms with Crippen LogP contribution in [-0.2, 0) is 0 Å². The minimum Gasteiger partial charge on any atom is -0.387 e. The molecule has 3 heteroatoms. The van der Waals surface area contributed by atoms with Crippen LogP contribution in [0.3, 0.4) is 0 Å². The van der Waals surface area contributed by atoms with Crippen molar-refractivity contribution in [2.24, 2.45) is 0 Å². The van der Waals surface area contributed by atoms with Gasteiger partial charge in [-0.1, -0.05) is 26.8 Å². The number of imidazole rings is 1. The van der Waals surface area contributed by atoms with Crippen molar-refractivity contribution in [2.75, 3.05) is 0 Å². The van der Waals surface area contributed by atoms with Crippen LogP contribution < -0.4 is 0 Å². The minimum atomic E-state index is -0.435. The van der Waals surface area contributed by atoms with Crippen LogP contribution in [0.4, 0.5) is 0 Å². The van der Waals surface area contributed by atoms with E-state index in [9.17, 15) is 5.11 Å². The normalized spacial score (nSPS) is 13.6. The monoisotopic (exact) mass is 218 g/mol. The summed E-state index contributed by atoms with van der Waals surface area (Å²) in [6.45, 7) is 6.19. The maximum Gasteiger partial charge on any atom is 0.137 e. The molecule has 0 saturated carbocycles. The molecular formula is C13H18N2O. The van der Waals surface area contributed by atoms with Crippen molar-refractivity contribution in [3.63, 3.8) is 0 Å². The van der Waals surface area contributed by atoms with Gasteiger partial charge in [0.05, 0.1) is 17.5 Å². The average Bonchev–Trinajstić information content (AvgIpc) is 2.67. The second-order valence-corrected chi connectivity index (χ2v) is 4.39. The van der Waals surface area contributed by atoms with Crippen LogP contribution in [0.2, 0.25) is 0 Å². The van der Waals surface area contributed by atoms with Crippen LogP contribution in [0.25, 0.3) is 5.65 Å². The Morgan fingerprint density at radius 3 is 2.75 bits per heavy atom. The van der Waals surface area contributed by atoms with Crippen LogP contribution in [0.15, 0.2) is 24.4 Å². The van der Waals surface area contributed by atoms with Crippen LogP contribution in [-0.4, -0.2) is 14.5 Å². The molecule has 2 rings (SSSR count).